The van der Waals surface area contributed by atoms with Crippen molar-refractivity contribution in [2.75, 3.05) is 0 Å². The average Bonchev–Trinajstić information content (AvgIpc) is 1.80. The highest BCUT2D eigenvalue weighted by atomic mass is 14.6. The lowest BCUT2D eigenvalue weighted by molar-refractivity contribution is 0.377. The fourth-order valence-corrected chi connectivity index (χ4v) is 1.10. The van der Waals surface area contributed by atoms with Gasteiger partial charge in [-0.05, 0) is 32.1 Å². The molecule has 0 saturated heterocycles. The Bertz CT molecular complexity index is 149. The number of nitrogens with two attached hydrogens (primary N) is 1. The molecule has 0 fully saturated rings. The molecule has 1 unspecified atom stereocenters. The molecule has 0 bridgehead atoms. The summed E-state index contributed by atoms with van der Waals surface area (Å²) in [5, 5.41) is 0. The zero-order chi connectivity index (χ0) is 9.78. The van der Waals surface area contributed by atoms with Crippen molar-refractivity contribution >= 4 is 0 Å². The van der Waals surface area contributed by atoms with Crippen LogP contribution < -0.4 is 5.73 Å². The molecule has 0 saturated carbocycles. The molecule has 1 atom stereocenters. The summed E-state index contributed by atoms with van der Waals surface area (Å²) in [6.45, 7) is 11.0. The van der Waals surface area contributed by atoms with Gasteiger partial charge >= 0.3 is 0 Å². The molecule has 1 heteroatoms. The van der Waals surface area contributed by atoms with E-state index in [0.29, 0.717) is 5.41 Å². The second-order valence-electron chi connectivity index (χ2n) is 4.93. The van der Waals surface area contributed by atoms with E-state index in [4.69, 9.17) is 5.73 Å². The van der Waals surface area contributed by atoms with Crippen LogP contribution in [0.2, 0.25) is 0 Å². The summed E-state index contributed by atoms with van der Waals surface area (Å²) in [4.78, 5) is 0. The smallest absolute Gasteiger partial charge is 0.0197 e. The van der Waals surface area contributed by atoms with E-state index in [9.17, 15) is 0 Å². The first-order chi connectivity index (χ1) is 5.31. The zero-order valence-electron chi connectivity index (χ0n) is 9.15. The molecule has 0 aliphatic heterocycles. The molecule has 12 heavy (non-hydrogen) atoms. The molecule has 0 aliphatic rings. The van der Waals surface area contributed by atoms with Crippen LogP contribution in [-0.4, -0.2) is 6.04 Å². The average molecular weight is 169 g/mol. The fourth-order valence-electron chi connectivity index (χ4n) is 1.10. The lowest BCUT2D eigenvalue weighted by atomic mass is 9.88. The van der Waals surface area contributed by atoms with Gasteiger partial charge in [0.15, 0.2) is 0 Å². The van der Waals surface area contributed by atoms with E-state index in [1.165, 1.54) is 18.4 Å². The summed E-state index contributed by atoms with van der Waals surface area (Å²) >= 11 is 0. The Labute approximate surface area is 77.0 Å². The van der Waals surface area contributed by atoms with Gasteiger partial charge in [0.1, 0.15) is 0 Å². The molecule has 0 aromatic heterocycles. The molecule has 72 valence electrons. The second kappa shape index (κ2) is 4.66. The number of allylic oxidation sites excluding steroid dienone is 1. The van der Waals surface area contributed by atoms with E-state index in [2.05, 4.69) is 33.8 Å². The topological polar surface area (TPSA) is 26.0 Å². The van der Waals surface area contributed by atoms with Gasteiger partial charge in [0.05, 0.1) is 0 Å². The third-order valence-electron chi connectivity index (χ3n) is 1.82. The Balaban J connectivity index is 3.79. The van der Waals surface area contributed by atoms with Crippen LogP contribution in [0.4, 0.5) is 0 Å². The summed E-state index contributed by atoms with van der Waals surface area (Å²) in [6, 6.07) is 0.199. The minimum atomic E-state index is 0.199. The van der Waals surface area contributed by atoms with Crippen molar-refractivity contribution < 1.29 is 0 Å². The van der Waals surface area contributed by atoms with Gasteiger partial charge in [-0.1, -0.05) is 32.4 Å². The van der Waals surface area contributed by atoms with Crippen molar-refractivity contribution in [3.05, 3.63) is 11.6 Å². The number of hydrogen-bond acceptors (Lipinski definition) is 1. The van der Waals surface area contributed by atoms with E-state index in [0.717, 1.165) is 0 Å². The van der Waals surface area contributed by atoms with Crippen molar-refractivity contribution in [2.45, 2.75) is 53.5 Å². The van der Waals surface area contributed by atoms with Crippen molar-refractivity contribution in [3.8, 4) is 0 Å². The summed E-state index contributed by atoms with van der Waals surface area (Å²) in [6.07, 6.45) is 4.55. The molecular weight excluding hydrogens is 146 g/mol. The Morgan fingerprint density at radius 2 is 1.92 bits per heavy atom. The fraction of sp³-hybridized carbons (Fsp3) is 0.818. The number of hydrogen-bond donors (Lipinski definition) is 1. The summed E-state index contributed by atoms with van der Waals surface area (Å²) < 4.78 is 0. The van der Waals surface area contributed by atoms with E-state index in [-0.39, 0.29) is 6.04 Å². The van der Waals surface area contributed by atoms with Crippen molar-refractivity contribution in [1.29, 1.82) is 0 Å². The van der Waals surface area contributed by atoms with Gasteiger partial charge in [-0.25, -0.2) is 0 Å². The Morgan fingerprint density at radius 3 is 2.25 bits per heavy atom. The standard InChI is InChI=1S/C11H23N/c1-9(8-10(2)12)6-7-11(3,4)5/h8,10H,6-7,12H2,1-5H3/b9-8+. The summed E-state index contributed by atoms with van der Waals surface area (Å²) in [5.41, 5.74) is 7.51. The monoisotopic (exact) mass is 169 g/mol. The molecule has 0 rings (SSSR count). The number of rotatable bonds is 3. The van der Waals surface area contributed by atoms with Crippen LogP contribution in [-0.2, 0) is 0 Å². The SMILES string of the molecule is C/C(=C\C(C)N)CCC(C)(C)C. The molecule has 0 aromatic rings. The normalized spacial score (nSPS) is 16.3. The van der Waals surface area contributed by atoms with Crippen molar-refractivity contribution in [2.24, 2.45) is 11.1 Å². The molecule has 0 spiro atoms. The molecular formula is C11H23N. The van der Waals surface area contributed by atoms with Crippen LogP contribution in [0.25, 0.3) is 0 Å². The molecule has 0 aliphatic carbocycles. The van der Waals surface area contributed by atoms with Crippen LogP contribution >= 0.6 is 0 Å². The van der Waals surface area contributed by atoms with Gasteiger partial charge in [-0.3, -0.25) is 0 Å². The van der Waals surface area contributed by atoms with Crippen molar-refractivity contribution in [1.82, 2.24) is 0 Å². The molecule has 0 aromatic carbocycles. The van der Waals surface area contributed by atoms with E-state index < -0.39 is 0 Å². The lowest BCUT2D eigenvalue weighted by Gasteiger charge is -2.18. The van der Waals surface area contributed by atoms with Crippen LogP contribution in [0.3, 0.4) is 0 Å². The van der Waals surface area contributed by atoms with Gasteiger partial charge in [-0.15, -0.1) is 0 Å². The quantitative estimate of drug-likeness (QED) is 0.645. The maximum atomic E-state index is 5.66. The maximum Gasteiger partial charge on any atom is 0.0197 e. The Kier molecular flexibility index (Phi) is 4.54. The first kappa shape index (κ1) is 11.7. The highest BCUT2D eigenvalue weighted by molar-refractivity contribution is 5.02. The Morgan fingerprint density at radius 1 is 1.42 bits per heavy atom. The minimum Gasteiger partial charge on any atom is -0.325 e. The molecule has 0 heterocycles. The van der Waals surface area contributed by atoms with E-state index >= 15 is 0 Å². The predicted molar refractivity (Wildman–Crippen MR) is 56.1 cm³/mol. The van der Waals surface area contributed by atoms with Gasteiger partial charge in [-0.2, -0.15) is 0 Å². The first-order valence-corrected chi connectivity index (χ1v) is 4.74. The highest BCUT2D eigenvalue weighted by Gasteiger charge is 2.09. The van der Waals surface area contributed by atoms with Crippen LogP contribution in [0, 0.1) is 5.41 Å². The first-order valence-electron chi connectivity index (χ1n) is 4.74. The molecule has 2 N–H and O–H groups in total. The highest BCUT2D eigenvalue weighted by Crippen LogP contribution is 2.23. The molecule has 1 nitrogen and oxygen atoms in total. The minimum absolute atomic E-state index is 0.199. The van der Waals surface area contributed by atoms with Crippen LogP contribution in [0.5, 0.6) is 0 Å². The van der Waals surface area contributed by atoms with E-state index in [1.54, 1.807) is 0 Å². The van der Waals surface area contributed by atoms with E-state index in [1.807, 2.05) is 6.92 Å². The van der Waals surface area contributed by atoms with Crippen LogP contribution in [0.15, 0.2) is 11.6 Å². The summed E-state index contributed by atoms with van der Waals surface area (Å²) in [7, 11) is 0. The largest absolute Gasteiger partial charge is 0.325 e. The predicted octanol–water partition coefficient (Wildman–Crippen LogP) is 3.11. The molecule has 0 radical (unpaired) electrons. The lowest BCUT2D eigenvalue weighted by Crippen LogP contribution is -2.12. The summed E-state index contributed by atoms with van der Waals surface area (Å²) in [5.74, 6) is 0. The Hall–Kier alpha value is -0.300. The van der Waals surface area contributed by atoms with Crippen molar-refractivity contribution in [3.63, 3.8) is 0 Å². The van der Waals surface area contributed by atoms with Gasteiger partial charge in [0, 0.05) is 6.04 Å². The maximum absolute atomic E-state index is 5.66. The van der Waals surface area contributed by atoms with Gasteiger partial charge in [0.2, 0.25) is 0 Å². The second-order valence-corrected chi connectivity index (χ2v) is 4.93. The van der Waals surface area contributed by atoms with Gasteiger partial charge in [0.25, 0.3) is 0 Å². The molecule has 0 amide bonds. The van der Waals surface area contributed by atoms with Crippen LogP contribution in [0.1, 0.15) is 47.5 Å². The van der Waals surface area contributed by atoms with Gasteiger partial charge < -0.3 is 5.73 Å². The third kappa shape index (κ3) is 7.80. The third-order valence-corrected chi connectivity index (χ3v) is 1.82. The zero-order valence-corrected chi connectivity index (χ0v) is 9.15.